The van der Waals surface area contributed by atoms with Crippen molar-refractivity contribution >= 4 is 11.9 Å². The van der Waals surface area contributed by atoms with Crippen molar-refractivity contribution < 1.29 is 14.3 Å². The quantitative estimate of drug-likeness (QED) is 0.672. The highest BCUT2D eigenvalue weighted by Crippen LogP contribution is 2.07. The van der Waals surface area contributed by atoms with E-state index in [1.807, 2.05) is 13.8 Å². The molecule has 0 fully saturated rings. The SMILES string of the molecule is CCOC(=O)c1nnn(CCC(=O)NC(C)C)c1CN. The number of nitrogens with zero attached hydrogens (tertiary/aromatic N) is 3. The van der Waals surface area contributed by atoms with Crippen LogP contribution in [-0.2, 0) is 22.6 Å². The van der Waals surface area contributed by atoms with Crippen molar-refractivity contribution in [3.05, 3.63) is 11.4 Å². The van der Waals surface area contributed by atoms with Crippen molar-refractivity contribution in [2.45, 2.75) is 46.3 Å². The lowest BCUT2D eigenvalue weighted by atomic mass is 10.3. The molecule has 1 heterocycles. The van der Waals surface area contributed by atoms with Crippen LogP contribution >= 0.6 is 0 Å². The molecule has 0 aliphatic rings. The van der Waals surface area contributed by atoms with Gasteiger partial charge in [0.1, 0.15) is 0 Å². The van der Waals surface area contributed by atoms with Gasteiger partial charge in [0.2, 0.25) is 5.91 Å². The molecule has 0 unspecified atom stereocenters. The Labute approximate surface area is 117 Å². The van der Waals surface area contributed by atoms with Gasteiger partial charge in [0.25, 0.3) is 0 Å². The summed E-state index contributed by atoms with van der Waals surface area (Å²) in [7, 11) is 0. The molecule has 112 valence electrons. The molecule has 8 nitrogen and oxygen atoms in total. The lowest BCUT2D eigenvalue weighted by molar-refractivity contribution is -0.121. The van der Waals surface area contributed by atoms with Crippen molar-refractivity contribution in [3.63, 3.8) is 0 Å². The van der Waals surface area contributed by atoms with Gasteiger partial charge < -0.3 is 15.8 Å². The number of hydrogen-bond donors (Lipinski definition) is 2. The molecule has 0 aliphatic heterocycles. The molecule has 0 radical (unpaired) electrons. The molecule has 1 amide bonds. The number of rotatable bonds is 7. The predicted molar refractivity (Wildman–Crippen MR) is 71.8 cm³/mol. The summed E-state index contributed by atoms with van der Waals surface area (Å²) in [6.07, 6.45) is 0.247. The highest BCUT2D eigenvalue weighted by atomic mass is 16.5. The number of aromatic nitrogens is 3. The highest BCUT2D eigenvalue weighted by Gasteiger charge is 2.20. The standard InChI is InChI=1S/C12H21N5O3/c1-4-20-12(19)11-9(7-13)17(16-15-11)6-5-10(18)14-8(2)3/h8H,4-7,13H2,1-3H3,(H,14,18). The normalized spacial score (nSPS) is 10.7. The molecule has 0 bridgehead atoms. The zero-order chi connectivity index (χ0) is 15.1. The van der Waals surface area contributed by atoms with E-state index in [9.17, 15) is 9.59 Å². The summed E-state index contributed by atoms with van der Waals surface area (Å²) in [5, 5.41) is 10.4. The van der Waals surface area contributed by atoms with E-state index in [2.05, 4.69) is 15.6 Å². The first-order valence-electron chi connectivity index (χ1n) is 6.58. The van der Waals surface area contributed by atoms with Crippen molar-refractivity contribution in [3.8, 4) is 0 Å². The zero-order valence-corrected chi connectivity index (χ0v) is 12.0. The molecule has 0 atom stereocenters. The summed E-state index contributed by atoms with van der Waals surface area (Å²) in [4.78, 5) is 23.2. The Morgan fingerprint density at radius 2 is 2.15 bits per heavy atom. The van der Waals surface area contributed by atoms with Gasteiger partial charge in [0.15, 0.2) is 5.69 Å². The van der Waals surface area contributed by atoms with Crippen LogP contribution in [0.2, 0.25) is 0 Å². The van der Waals surface area contributed by atoms with E-state index in [1.165, 1.54) is 4.68 Å². The maximum atomic E-state index is 11.6. The van der Waals surface area contributed by atoms with Crippen molar-refractivity contribution in [2.75, 3.05) is 6.61 Å². The fraction of sp³-hybridized carbons (Fsp3) is 0.667. The third-order valence-electron chi connectivity index (χ3n) is 2.50. The maximum Gasteiger partial charge on any atom is 0.360 e. The van der Waals surface area contributed by atoms with E-state index < -0.39 is 5.97 Å². The van der Waals surface area contributed by atoms with Crippen molar-refractivity contribution in [1.29, 1.82) is 0 Å². The first-order chi connectivity index (χ1) is 9.49. The van der Waals surface area contributed by atoms with Gasteiger partial charge in [-0.25, -0.2) is 9.48 Å². The number of ether oxygens (including phenoxy) is 1. The second kappa shape index (κ2) is 7.59. The summed E-state index contributed by atoms with van der Waals surface area (Å²) in [6, 6.07) is 0.0855. The van der Waals surface area contributed by atoms with Crippen molar-refractivity contribution in [2.24, 2.45) is 5.73 Å². The van der Waals surface area contributed by atoms with Gasteiger partial charge in [0.05, 0.1) is 18.8 Å². The average Bonchev–Trinajstić information content (AvgIpc) is 2.78. The minimum atomic E-state index is -0.550. The fourth-order valence-electron chi connectivity index (χ4n) is 1.67. The molecular formula is C12H21N5O3. The summed E-state index contributed by atoms with van der Waals surface area (Å²) in [5.74, 6) is -0.637. The van der Waals surface area contributed by atoms with E-state index in [0.29, 0.717) is 12.2 Å². The lowest BCUT2D eigenvalue weighted by Crippen LogP contribution is -2.31. The number of amides is 1. The number of esters is 1. The first kappa shape index (κ1) is 16.1. The Hall–Kier alpha value is -1.96. The van der Waals surface area contributed by atoms with E-state index in [0.717, 1.165) is 0 Å². The number of aryl methyl sites for hydroxylation is 1. The summed E-state index contributed by atoms with van der Waals surface area (Å²) in [5.41, 5.74) is 6.19. The second-order valence-electron chi connectivity index (χ2n) is 4.50. The molecule has 3 N–H and O–H groups in total. The van der Waals surface area contributed by atoms with Crippen LogP contribution in [-0.4, -0.2) is 39.5 Å². The summed E-state index contributed by atoms with van der Waals surface area (Å²) in [6.45, 7) is 6.16. The number of carbonyl (C=O) groups excluding carboxylic acids is 2. The average molecular weight is 283 g/mol. The zero-order valence-electron chi connectivity index (χ0n) is 12.0. The third kappa shape index (κ3) is 4.30. The van der Waals surface area contributed by atoms with Crippen LogP contribution in [0.15, 0.2) is 0 Å². The molecule has 1 rings (SSSR count). The van der Waals surface area contributed by atoms with Crippen LogP contribution in [0.5, 0.6) is 0 Å². The Kier molecular flexibility index (Phi) is 6.10. The number of carbonyl (C=O) groups is 2. The van der Waals surface area contributed by atoms with Crippen LogP contribution in [0, 0.1) is 0 Å². The molecule has 1 aromatic heterocycles. The number of hydrogen-bond acceptors (Lipinski definition) is 6. The van der Waals surface area contributed by atoms with Gasteiger partial charge >= 0.3 is 5.97 Å². The predicted octanol–water partition coefficient (Wildman–Crippen LogP) is -0.172. The smallest absolute Gasteiger partial charge is 0.360 e. The van der Waals surface area contributed by atoms with Crippen LogP contribution in [0.1, 0.15) is 43.4 Å². The Morgan fingerprint density at radius 3 is 2.70 bits per heavy atom. The minimum absolute atomic E-state index is 0.0855. The van der Waals surface area contributed by atoms with E-state index in [-0.39, 0.29) is 37.2 Å². The topological polar surface area (TPSA) is 112 Å². The van der Waals surface area contributed by atoms with Gasteiger partial charge in [0, 0.05) is 19.0 Å². The highest BCUT2D eigenvalue weighted by molar-refractivity contribution is 5.88. The molecule has 0 saturated carbocycles. The summed E-state index contributed by atoms with van der Waals surface area (Å²) >= 11 is 0. The van der Waals surface area contributed by atoms with E-state index in [1.54, 1.807) is 6.92 Å². The molecule has 0 aliphatic carbocycles. The van der Waals surface area contributed by atoms with E-state index >= 15 is 0 Å². The molecule has 0 aromatic carbocycles. The van der Waals surface area contributed by atoms with Crippen LogP contribution in [0.25, 0.3) is 0 Å². The van der Waals surface area contributed by atoms with Gasteiger partial charge in [-0.2, -0.15) is 0 Å². The maximum absolute atomic E-state index is 11.6. The Bertz CT molecular complexity index is 470. The number of nitrogens with two attached hydrogens (primary N) is 1. The summed E-state index contributed by atoms with van der Waals surface area (Å²) < 4.78 is 6.34. The minimum Gasteiger partial charge on any atom is -0.461 e. The largest absolute Gasteiger partial charge is 0.461 e. The monoisotopic (exact) mass is 283 g/mol. The van der Waals surface area contributed by atoms with Gasteiger partial charge in [-0.15, -0.1) is 5.10 Å². The molecule has 20 heavy (non-hydrogen) atoms. The van der Waals surface area contributed by atoms with Crippen LogP contribution in [0.3, 0.4) is 0 Å². The van der Waals surface area contributed by atoms with Gasteiger partial charge in [-0.3, -0.25) is 4.79 Å². The molecule has 0 spiro atoms. The number of nitrogens with one attached hydrogen (secondary N) is 1. The van der Waals surface area contributed by atoms with Crippen molar-refractivity contribution in [1.82, 2.24) is 20.3 Å². The molecular weight excluding hydrogens is 262 g/mol. The van der Waals surface area contributed by atoms with Gasteiger partial charge in [-0.1, -0.05) is 5.21 Å². The third-order valence-corrected chi connectivity index (χ3v) is 2.50. The molecule has 0 saturated heterocycles. The molecule has 8 heteroatoms. The fourth-order valence-corrected chi connectivity index (χ4v) is 1.67. The van der Waals surface area contributed by atoms with Crippen LogP contribution < -0.4 is 11.1 Å². The second-order valence-corrected chi connectivity index (χ2v) is 4.50. The first-order valence-corrected chi connectivity index (χ1v) is 6.58. The molecule has 1 aromatic rings. The Balaban J connectivity index is 2.72. The Morgan fingerprint density at radius 1 is 1.45 bits per heavy atom. The van der Waals surface area contributed by atoms with E-state index in [4.69, 9.17) is 10.5 Å². The van der Waals surface area contributed by atoms with Gasteiger partial charge in [-0.05, 0) is 20.8 Å². The van der Waals surface area contributed by atoms with Crippen LogP contribution in [0.4, 0.5) is 0 Å². The lowest BCUT2D eigenvalue weighted by Gasteiger charge is -2.09.